The molecule has 9 nitrogen and oxygen atoms in total. The van der Waals surface area contributed by atoms with Crippen molar-refractivity contribution in [2.45, 2.75) is 83.8 Å². The van der Waals surface area contributed by atoms with Crippen molar-refractivity contribution in [2.75, 3.05) is 13.2 Å². The van der Waals surface area contributed by atoms with Gasteiger partial charge in [-0.3, -0.25) is 14.1 Å². The highest BCUT2D eigenvalue weighted by Crippen LogP contribution is 2.35. The van der Waals surface area contributed by atoms with Gasteiger partial charge in [-0.25, -0.2) is 4.57 Å². The number of aliphatic hydroxyl groups excluding tert-OH is 1. The number of allylic oxidation sites excluding steroid dienone is 4. The second-order valence-electron chi connectivity index (χ2n) is 7.50. The summed E-state index contributed by atoms with van der Waals surface area (Å²) < 4.78 is 24.9. The van der Waals surface area contributed by atoms with Gasteiger partial charge < -0.3 is 24.4 Å². The first-order chi connectivity index (χ1) is 15.6. The fraction of sp³-hybridized carbons (Fsp3) is 0.652. The van der Waals surface area contributed by atoms with Gasteiger partial charge in [0.15, 0.2) is 6.10 Å². The van der Waals surface area contributed by atoms with Gasteiger partial charge in [0.25, 0.3) is 0 Å². The van der Waals surface area contributed by atoms with Gasteiger partial charge in [-0.15, -0.1) is 0 Å². The molecule has 0 aromatic heterocycles. The van der Waals surface area contributed by atoms with Gasteiger partial charge in [0.2, 0.25) is 0 Å². The van der Waals surface area contributed by atoms with Crippen molar-refractivity contribution in [1.29, 1.82) is 0 Å². The predicted octanol–water partition coefficient (Wildman–Crippen LogP) is 4.13. The Balaban J connectivity index is 3.82. The molecule has 0 rings (SSSR count). The molecule has 2 atom stereocenters. The van der Waals surface area contributed by atoms with E-state index < -0.39 is 38.6 Å². The van der Waals surface area contributed by atoms with Crippen LogP contribution in [0.5, 0.6) is 0 Å². The number of ether oxygens (including phenoxy) is 2. The Morgan fingerprint density at radius 2 is 1.67 bits per heavy atom. The quantitative estimate of drug-likeness (QED) is 0.0801. The van der Waals surface area contributed by atoms with E-state index in [-0.39, 0.29) is 13.0 Å². The summed E-state index contributed by atoms with van der Waals surface area (Å²) in [4.78, 5) is 40.3. The summed E-state index contributed by atoms with van der Waals surface area (Å²) in [5.41, 5.74) is 0. The molecular formula is C23H39O9P. The van der Waals surface area contributed by atoms with Crippen LogP contribution >= 0.6 is 7.82 Å². The highest BCUT2D eigenvalue weighted by atomic mass is 31.2. The monoisotopic (exact) mass is 490 g/mol. The Kier molecular flexibility index (Phi) is 18.6. The predicted molar refractivity (Wildman–Crippen MR) is 125 cm³/mol. The first-order valence-corrected chi connectivity index (χ1v) is 12.9. The van der Waals surface area contributed by atoms with E-state index in [0.29, 0.717) is 12.8 Å². The smallest absolute Gasteiger partial charge is 0.462 e. The van der Waals surface area contributed by atoms with Crippen LogP contribution in [0.2, 0.25) is 0 Å². The maximum absolute atomic E-state index is 11.8. The number of phosphoric acid groups is 1. The van der Waals surface area contributed by atoms with Crippen molar-refractivity contribution in [3.8, 4) is 0 Å². The van der Waals surface area contributed by atoms with Crippen molar-refractivity contribution in [3.05, 3.63) is 36.5 Å². The molecule has 0 spiro atoms. The Bertz CT molecular complexity index is 667. The fourth-order valence-corrected chi connectivity index (χ4v) is 3.06. The highest BCUT2D eigenvalue weighted by molar-refractivity contribution is 7.46. The number of hydrogen-bond donors (Lipinski definition) is 3. The average Bonchev–Trinajstić information content (AvgIpc) is 2.73. The molecule has 3 N–H and O–H groups in total. The normalized spacial score (nSPS) is 14.2. The summed E-state index contributed by atoms with van der Waals surface area (Å²) in [6.07, 6.45) is 17.5. The third kappa shape index (κ3) is 23.2. The van der Waals surface area contributed by atoms with Gasteiger partial charge in [-0.05, 0) is 32.1 Å². The average molecular weight is 491 g/mol. The molecule has 0 heterocycles. The molecule has 0 radical (unpaired) electrons. The summed E-state index contributed by atoms with van der Waals surface area (Å²) in [5.74, 6) is -1.14. The molecule has 0 aliphatic heterocycles. The molecule has 0 amide bonds. The molecule has 33 heavy (non-hydrogen) atoms. The van der Waals surface area contributed by atoms with Crippen LogP contribution in [0.25, 0.3) is 0 Å². The number of carbonyl (C=O) groups is 2. The Morgan fingerprint density at radius 3 is 2.33 bits per heavy atom. The zero-order valence-electron chi connectivity index (χ0n) is 19.6. The van der Waals surface area contributed by atoms with E-state index in [9.17, 15) is 19.3 Å². The topological polar surface area (TPSA) is 140 Å². The largest absolute Gasteiger partial charge is 0.469 e. The summed E-state index contributed by atoms with van der Waals surface area (Å²) in [6, 6.07) is 0. The molecule has 0 aliphatic rings. The lowest BCUT2D eigenvalue weighted by molar-refractivity contribution is -0.159. The minimum atomic E-state index is -4.71. The number of carbonyl (C=O) groups excluding carboxylic acids is 2. The zero-order chi connectivity index (χ0) is 25.0. The molecule has 0 aromatic rings. The summed E-state index contributed by atoms with van der Waals surface area (Å²) >= 11 is 0. The molecule has 0 saturated heterocycles. The van der Waals surface area contributed by atoms with Crippen LogP contribution in [-0.4, -0.2) is 52.3 Å². The van der Waals surface area contributed by atoms with Gasteiger partial charge in [0.1, 0.15) is 6.61 Å². The highest BCUT2D eigenvalue weighted by Gasteiger charge is 2.21. The number of esters is 2. The van der Waals surface area contributed by atoms with E-state index in [2.05, 4.69) is 17.5 Å². The van der Waals surface area contributed by atoms with E-state index in [1.54, 1.807) is 6.08 Å². The second-order valence-corrected chi connectivity index (χ2v) is 8.74. The lowest BCUT2D eigenvalue weighted by atomic mass is 10.1. The molecule has 190 valence electrons. The van der Waals surface area contributed by atoms with Crippen LogP contribution in [0.1, 0.15) is 71.6 Å². The van der Waals surface area contributed by atoms with E-state index in [4.69, 9.17) is 19.3 Å². The SMILES string of the molecule is CC/C=C/CC(O)/C=C/C=C/CCCCCCCC(=O)OC[C@H](COP(=O)(O)O)OC(C)=O. The number of aliphatic hydroxyl groups is 1. The zero-order valence-corrected chi connectivity index (χ0v) is 20.5. The Labute approximate surface area is 196 Å². The van der Waals surface area contributed by atoms with Gasteiger partial charge in [0.05, 0.1) is 12.7 Å². The minimum Gasteiger partial charge on any atom is -0.462 e. The van der Waals surface area contributed by atoms with E-state index in [1.807, 2.05) is 24.3 Å². The number of rotatable bonds is 19. The third-order valence-electron chi connectivity index (χ3n) is 4.30. The summed E-state index contributed by atoms with van der Waals surface area (Å²) in [6.45, 7) is 2.29. The van der Waals surface area contributed by atoms with Crippen molar-refractivity contribution < 1.29 is 43.0 Å². The van der Waals surface area contributed by atoms with E-state index in [0.717, 1.165) is 45.4 Å². The molecule has 0 fully saturated rings. The molecule has 0 saturated carbocycles. The lowest BCUT2D eigenvalue weighted by Gasteiger charge is -2.17. The van der Waals surface area contributed by atoms with Crippen molar-refractivity contribution in [2.24, 2.45) is 0 Å². The van der Waals surface area contributed by atoms with Crippen LogP contribution < -0.4 is 0 Å². The molecule has 0 aromatic carbocycles. The first kappa shape index (κ1) is 31.2. The van der Waals surface area contributed by atoms with Gasteiger partial charge in [-0.2, -0.15) is 0 Å². The first-order valence-electron chi connectivity index (χ1n) is 11.3. The van der Waals surface area contributed by atoms with Crippen LogP contribution in [0.4, 0.5) is 0 Å². The van der Waals surface area contributed by atoms with Crippen LogP contribution in [-0.2, 0) is 28.2 Å². The van der Waals surface area contributed by atoms with Gasteiger partial charge in [0, 0.05) is 13.3 Å². The van der Waals surface area contributed by atoms with Crippen molar-refractivity contribution >= 4 is 19.8 Å². The van der Waals surface area contributed by atoms with Gasteiger partial charge >= 0.3 is 19.8 Å². The number of phosphoric ester groups is 1. The minimum absolute atomic E-state index is 0.215. The second kappa shape index (κ2) is 19.7. The molecule has 0 bridgehead atoms. The third-order valence-corrected chi connectivity index (χ3v) is 4.79. The number of hydrogen-bond acceptors (Lipinski definition) is 7. The van der Waals surface area contributed by atoms with Gasteiger partial charge in [-0.1, -0.05) is 62.6 Å². The summed E-state index contributed by atoms with van der Waals surface area (Å²) in [5, 5.41) is 9.73. The number of unbranched alkanes of at least 4 members (excludes halogenated alkanes) is 5. The van der Waals surface area contributed by atoms with Crippen LogP contribution in [0.15, 0.2) is 36.5 Å². The van der Waals surface area contributed by atoms with Crippen LogP contribution in [0.3, 0.4) is 0 Å². The van der Waals surface area contributed by atoms with Crippen LogP contribution in [0, 0.1) is 0 Å². The van der Waals surface area contributed by atoms with E-state index >= 15 is 0 Å². The van der Waals surface area contributed by atoms with Crippen molar-refractivity contribution in [3.63, 3.8) is 0 Å². The Morgan fingerprint density at radius 1 is 0.970 bits per heavy atom. The molecule has 0 aliphatic carbocycles. The van der Waals surface area contributed by atoms with E-state index in [1.165, 1.54) is 0 Å². The fourth-order valence-electron chi connectivity index (χ4n) is 2.70. The standard InChI is InChI=1S/C23H39O9P/c1-3-4-12-15-21(25)16-13-10-8-6-5-7-9-11-14-17-23(26)30-18-22(32-20(2)24)19-31-33(27,28)29/h4,8,10,12-13,16,21-22,25H,3,5-7,9,11,14-15,17-19H2,1-2H3,(H2,27,28,29)/b10-8+,12-4+,16-13+/t21?,22-/m1/s1. The maximum atomic E-state index is 11.8. The Hall–Kier alpha value is -1.77. The maximum Gasteiger partial charge on any atom is 0.469 e. The molecule has 10 heteroatoms. The molecular weight excluding hydrogens is 451 g/mol. The lowest BCUT2D eigenvalue weighted by Crippen LogP contribution is -2.28. The summed E-state index contributed by atoms with van der Waals surface area (Å²) in [7, 11) is -4.71. The molecule has 1 unspecified atom stereocenters. The van der Waals surface area contributed by atoms with Crippen molar-refractivity contribution in [1.82, 2.24) is 0 Å².